The van der Waals surface area contributed by atoms with Crippen molar-refractivity contribution >= 4 is 21.5 Å². The molecule has 24 heavy (non-hydrogen) atoms. The van der Waals surface area contributed by atoms with Gasteiger partial charge in [0.25, 0.3) is 10.1 Å². The standard InChI is InChI=1S/C17H21NO4S2/c1-4-6-8-14(5-2)24(19,20)21-11-10-15-13(3)22-17(18-15)16-9-7-12-23-16/h5-9,12H,4,10-11H2,1-3H3/b8-6-,14-5+. The molecule has 0 spiro atoms. The van der Waals surface area contributed by atoms with Crippen LogP contribution in [0, 0.1) is 6.92 Å². The minimum absolute atomic E-state index is 0.0247. The molecule has 2 heterocycles. The Morgan fingerprint density at radius 3 is 2.88 bits per heavy atom. The Bertz CT molecular complexity index is 815. The molecule has 0 aliphatic rings. The molecular formula is C17H21NO4S2. The van der Waals surface area contributed by atoms with Gasteiger partial charge in [0, 0.05) is 6.42 Å². The molecule has 5 nitrogen and oxygen atoms in total. The number of aryl methyl sites for hydroxylation is 1. The third kappa shape index (κ3) is 4.66. The molecule has 2 aromatic heterocycles. The lowest BCUT2D eigenvalue weighted by molar-refractivity contribution is 0.325. The first-order chi connectivity index (χ1) is 11.5. The van der Waals surface area contributed by atoms with Crippen LogP contribution in [-0.2, 0) is 20.7 Å². The fourth-order valence-electron chi connectivity index (χ4n) is 2.04. The maximum absolute atomic E-state index is 12.2. The van der Waals surface area contributed by atoms with E-state index in [1.165, 1.54) is 6.08 Å². The van der Waals surface area contributed by atoms with Crippen molar-refractivity contribution in [3.05, 3.63) is 52.1 Å². The molecule has 0 N–H and O–H groups in total. The van der Waals surface area contributed by atoms with Crippen LogP contribution in [0.5, 0.6) is 0 Å². The molecule has 0 aliphatic carbocycles. The summed E-state index contributed by atoms with van der Waals surface area (Å²) in [4.78, 5) is 5.54. The Morgan fingerprint density at radius 2 is 2.25 bits per heavy atom. The van der Waals surface area contributed by atoms with Gasteiger partial charge in [-0.05, 0) is 37.8 Å². The van der Waals surface area contributed by atoms with E-state index in [0.717, 1.165) is 11.3 Å². The van der Waals surface area contributed by atoms with Gasteiger partial charge in [0.05, 0.1) is 22.1 Å². The lowest BCUT2D eigenvalue weighted by Gasteiger charge is -2.05. The molecule has 0 fully saturated rings. The summed E-state index contributed by atoms with van der Waals surface area (Å²) in [5.41, 5.74) is 0.708. The first-order valence-electron chi connectivity index (χ1n) is 7.70. The van der Waals surface area contributed by atoms with Gasteiger partial charge in [0.2, 0.25) is 5.89 Å². The largest absolute Gasteiger partial charge is 0.440 e. The van der Waals surface area contributed by atoms with Gasteiger partial charge in [0.1, 0.15) is 5.76 Å². The van der Waals surface area contributed by atoms with Crippen LogP contribution in [0.4, 0.5) is 0 Å². The number of hydrogen-bond donors (Lipinski definition) is 0. The molecule has 0 radical (unpaired) electrons. The summed E-state index contributed by atoms with van der Waals surface area (Å²) in [6.07, 6.45) is 6.00. The molecule has 0 amide bonds. The maximum atomic E-state index is 12.2. The van der Waals surface area contributed by atoms with Crippen molar-refractivity contribution in [2.75, 3.05) is 6.61 Å². The third-order valence-electron chi connectivity index (χ3n) is 3.29. The van der Waals surface area contributed by atoms with E-state index >= 15 is 0 Å². The van der Waals surface area contributed by atoms with Crippen LogP contribution in [0.3, 0.4) is 0 Å². The predicted molar refractivity (Wildman–Crippen MR) is 96.3 cm³/mol. The molecule has 0 atom stereocenters. The fourth-order valence-corrected chi connectivity index (χ4v) is 3.68. The molecule has 130 valence electrons. The Morgan fingerprint density at radius 1 is 1.46 bits per heavy atom. The fraction of sp³-hybridized carbons (Fsp3) is 0.353. The van der Waals surface area contributed by atoms with Crippen molar-refractivity contribution in [3.63, 3.8) is 0 Å². The van der Waals surface area contributed by atoms with Crippen LogP contribution in [0.25, 0.3) is 10.8 Å². The van der Waals surface area contributed by atoms with E-state index in [9.17, 15) is 8.42 Å². The Hall–Kier alpha value is -1.70. The predicted octanol–water partition coefficient (Wildman–Crippen LogP) is 4.47. The van der Waals surface area contributed by atoms with Crippen LogP contribution in [0.1, 0.15) is 31.7 Å². The number of rotatable bonds is 8. The first-order valence-corrected chi connectivity index (χ1v) is 9.99. The van der Waals surface area contributed by atoms with Gasteiger partial charge in [-0.25, -0.2) is 4.98 Å². The van der Waals surface area contributed by atoms with E-state index in [1.807, 2.05) is 31.4 Å². The number of hydrogen-bond acceptors (Lipinski definition) is 6. The van der Waals surface area contributed by atoms with Crippen molar-refractivity contribution in [2.45, 2.75) is 33.6 Å². The zero-order valence-electron chi connectivity index (χ0n) is 14.0. The van der Waals surface area contributed by atoms with E-state index in [1.54, 1.807) is 30.4 Å². The lowest BCUT2D eigenvalue weighted by Crippen LogP contribution is -2.10. The average Bonchev–Trinajstić information content (AvgIpc) is 3.18. The number of nitrogens with zero attached hydrogens (tertiary/aromatic N) is 1. The lowest BCUT2D eigenvalue weighted by atomic mass is 10.3. The third-order valence-corrected chi connectivity index (χ3v) is 5.58. The minimum Gasteiger partial charge on any atom is -0.440 e. The SMILES string of the molecule is C/C=C(\C=C/CC)S(=O)(=O)OCCc1nc(-c2cccs2)oc1C. The second kappa shape index (κ2) is 8.41. The highest BCUT2D eigenvalue weighted by Gasteiger charge is 2.17. The Labute approximate surface area is 146 Å². The van der Waals surface area contributed by atoms with Crippen molar-refractivity contribution in [3.8, 4) is 10.8 Å². The van der Waals surface area contributed by atoms with Gasteiger partial charge >= 0.3 is 0 Å². The maximum Gasteiger partial charge on any atom is 0.296 e. The molecule has 0 bridgehead atoms. The van der Waals surface area contributed by atoms with Crippen LogP contribution < -0.4 is 0 Å². The normalized spacial score (nSPS) is 13.0. The number of thiophene rings is 1. The summed E-state index contributed by atoms with van der Waals surface area (Å²) in [7, 11) is -3.75. The summed E-state index contributed by atoms with van der Waals surface area (Å²) < 4.78 is 35.0. The number of allylic oxidation sites excluding steroid dienone is 3. The Kier molecular flexibility index (Phi) is 6.53. The molecule has 0 saturated carbocycles. The van der Waals surface area contributed by atoms with Gasteiger partial charge in [-0.2, -0.15) is 8.42 Å². The van der Waals surface area contributed by atoms with Gasteiger partial charge in [0.15, 0.2) is 0 Å². The molecule has 2 rings (SSSR count). The van der Waals surface area contributed by atoms with Crippen LogP contribution in [-0.4, -0.2) is 20.0 Å². The smallest absolute Gasteiger partial charge is 0.296 e. The molecule has 0 aromatic carbocycles. The molecule has 7 heteroatoms. The second-order valence-corrected chi connectivity index (χ2v) is 7.59. The number of aromatic nitrogens is 1. The van der Waals surface area contributed by atoms with E-state index in [4.69, 9.17) is 8.60 Å². The van der Waals surface area contributed by atoms with E-state index < -0.39 is 10.1 Å². The van der Waals surface area contributed by atoms with Crippen molar-refractivity contribution in [2.24, 2.45) is 0 Å². The topological polar surface area (TPSA) is 69.4 Å². The summed E-state index contributed by atoms with van der Waals surface area (Å²) in [6, 6.07) is 3.86. The molecular weight excluding hydrogens is 346 g/mol. The average molecular weight is 367 g/mol. The van der Waals surface area contributed by atoms with Crippen LogP contribution >= 0.6 is 11.3 Å². The highest BCUT2D eigenvalue weighted by Crippen LogP contribution is 2.26. The number of oxazole rings is 1. The minimum atomic E-state index is -3.75. The van der Waals surface area contributed by atoms with E-state index in [0.29, 0.717) is 23.8 Å². The van der Waals surface area contributed by atoms with Crippen molar-refractivity contribution in [1.29, 1.82) is 0 Å². The summed E-state index contributed by atoms with van der Waals surface area (Å²) in [6.45, 7) is 5.45. The van der Waals surface area contributed by atoms with E-state index in [-0.39, 0.29) is 11.5 Å². The molecule has 0 aliphatic heterocycles. The summed E-state index contributed by atoms with van der Waals surface area (Å²) in [5, 5.41) is 1.95. The van der Waals surface area contributed by atoms with Gasteiger partial charge < -0.3 is 4.42 Å². The van der Waals surface area contributed by atoms with Crippen LogP contribution in [0.2, 0.25) is 0 Å². The summed E-state index contributed by atoms with van der Waals surface area (Å²) >= 11 is 1.54. The van der Waals surface area contributed by atoms with Gasteiger partial charge in [-0.3, -0.25) is 4.18 Å². The first kappa shape index (κ1) is 18.6. The van der Waals surface area contributed by atoms with Gasteiger partial charge in [-0.1, -0.05) is 25.1 Å². The molecule has 0 unspecified atom stereocenters. The highest BCUT2D eigenvalue weighted by atomic mass is 32.2. The van der Waals surface area contributed by atoms with E-state index in [2.05, 4.69) is 4.98 Å². The van der Waals surface area contributed by atoms with Crippen LogP contribution in [0.15, 0.2) is 45.1 Å². The highest BCUT2D eigenvalue weighted by molar-refractivity contribution is 7.90. The summed E-state index contributed by atoms with van der Waals surface area (Å²) in [5.74, 6) is 1.23. The molecule has 0 saturated heterocycles. The zero-order chi connectivity index (χ0) is 17.6. The Balaban J connectivity index is 2.00. The monoisotopic (exact) mass is 367 g/mol. The zero-order valence-corrected chi connectivity index (χ0v) is 15.6. The quantitative estimate of drug-likeness (QED) is 0.508. The van der Waals surface area contributed by atoms with Gasteiger partial charge in [-0.15, -0.1) is 11.3 Å². The molecule has 2 aromatic rings. The second-order valence-electron chi connectivity index (χ2n) is 5.03. The van der Waals surface area contributed by atoms with Crippen molar-refractivity contribution in [1.82, 2.24) is 4.98 Å². The van der Waals surface area contributed by atoms with Crippen molar-refractivity contribution < 1.29 is 17.0 Å².